The third kappa shape index (κ3) is 3.59. The van der Waals surface area contributed by atoms with Crippen LogP contribution in [0.2, 0.25) is 0 Å². The van der Waals surface area contributed by atoms with Crippen LogP contribution < -0.4 is 11.2 Å². The fourth-order valence-corrected chi connectivity index (χ4v) is 3.64. The molecule has 148 valence electrons. The standard InChI is InChI=1S/C18H20N4O5S/c1-5-6-12-19-14-13(16(23)22(3)18(25)21(14)2)15(20-12)28-9-10-7-8-11(27-10)17(24)26-4/h7-8H,5-6,9H2,1-4H3. The molecule has 9 nitrogen and oxygen atoms in total. The molecule has 0 saturated heterocycles. The number of aromatic nitrogens is 4. The van der Waals surface area contributed by atoms with E-state index in [0.717, 1.165) is 11.0 Å². The summed E-state index contributed by atoms with van der Waals surface area (Å²) in [4.78, 5) is 45.4. The van der Waals surface area contributed by atoms with E-state index in [4.69, 9.17) is 4.42 Å². The van der Waals surface area contributed by atoms with E-state index in [2.05, 4.69) is 14.7 Å². The molecule has 3 aromatic rings. The van der Waals surface area contributed by atoms with E-state index in [-0.39, 0.29) is 11.1 Å². The topological polar surface area (TPSA) is 109 Å². The highest BCUT2D eigenvalue weighted by molar-refractivity contribution is 7.98. The summed E-state index contributed by atoms with van der Waals surface area (Å²) in [6, 6.07) is 3.20. The minimum Gasteiger partial charge on any atom is -0.463 e. The molecular formula is C18H20N4O5S. The zero-order chi connectivity index (χ0) is 20.4. The van der Waals surface area contributed by atoms with Crippen molar-refractivity contribution < 1.29 is 13.9 Å². The van der Waals surface area contributed by atoms with Gasteiger partial charge >= 0.3 is 11.7 Å². The van der Waals surface area contributed by atoms with Crippen LogP contribution in [-0.4, -0.2) is 32.2 Å². The van der Waals surface area contributed by atoms with Crippen LogP contribution in [0, 0.1) is 0 Å². The second-order valence-corrected chi connectivity index (χ2v) is 7.11. The number of fused-ring (bicyclic) bond motifs is 1. The third-order valence-corrected chi connectivity index (χ3v) is 5.18. The number of hydrogen-bond donors (Lipinski definition) is 0. The number of hydrogen-bond acceptors (Lipinski definition) is 8. The molecule has 0 saturated carbocycles. The predicted molar refractivity (Wildman–Crippen MR) is 104 cm³/mol. The van der Waals surface area contributed by atoms with Crippen LogP contribution in [0.1, 0.15) is 35.5 Å². The third-order valence-electron chi connectivity index (χ3n) is 4.19. The molecule has 0 N–H and O–H groups in total. The number of esters is 1. The zero-order valence-electron chi connectivity index (χ0n) is 16.0. The molecule has 0 aliphatic heterocycles. The van der Waals surface area contributed by atoms with Crippen LogP contribution in [0.3, 0.4) is 0 Å². The summed E-state index contributed by atoms with van der Waals surface area (Å²) >= 11 is 1.29. The van der Waals surface area contributed by atoms with Crippen LogP contribution in [0.15, 0.2) is 31.2 Å². The Morgan fingerprint density at radius 3 is 2.64 bits per heavy atom. The van der Waals surface area contributed by atoms with Gasteiger partial charge in [0.2, 0.25) is 5.76 Å². The van der Waals surface area contributed by atoms with E-state index < -0.39 is 17.2 Å². The maximum Gasteiger partial charge on any atom is 0.373 e. The number of carbonyl (C=O) groups excluding carboxylic acids is 1. The van der Waals surface area contributed by atoms with Gasteiger partial charge in [-0.05, 0) is 18.6 Å². The SMILES string of the molecule is CCCc1nc(SCc2ccc(C(=O)OC)o2)c2c(=O)n(C)c(=O)n(C)c2n1. The lowest BCUT2D eigenvalue weighted by molar-refractivity contribution is 0.0563. The van der Waals surface area contributed by atoms with Gasteiger partial charge in [0.05, 0.1) is 12.9 Å². The number of aryl methyl sites for hydroxylation is 2. The molecule has 0 amide bonds. The second kappa shape index (κ2) is 8.01. The van der Waals surface area contributed by atoms with Crippen molar-refractivity contribution in [3.63, 3.8) is 0 Å². The van der Waals surface area contributed by atoms with Gasteiger partial charge in [0, 0.05) is 20.5 Å². The Balaban J connectivity index is 2.06. The Morgan fingerprint density at radius 1 is 1.21 bits per heavy atom. The molecule has 0 bridgehead atoms. The summed E-state index contributed by atoms with van der Waals surface area (Å²) in [7, 11) is 4.28. The molecule has 0 aliphatic rings. The summed E-state index contributed by atoms with van der Waals surface area (Å²) in [5.74, 6) is 1.00. The minimum absolute atomic E-state index is 0.107. The Labute approximate surface area is 164 Å². The molecule has 28 heavy (non-hydrogen) atoms. The number of furan rings is 1. The minimum atomic E-state index is -0.558. The van der Waals surface area contributed by atoms with Gasteiger partial charge in [-0.3, -0.25) is 13.9 Å². The van der Waals surface area contributed by atoms with Crippen LogP contribution in [0.25, 0.3) is 11.0 Å². The van der Waals surface area contributed by atoms with Gasteiger partial charge in [-0.15, -0.1) is 0 Å². The van der Waals surface area contributed by atoms with Crippen LogP contribution in [0.5, 0.6) is 0 Å². The van der Waals surface area contributed by atoms with Gasteiger partial charge in [-0.25, -0.2) is 19.6 Å². The summed E-state index contributed by atoms with van der Waals surface area (Å²) in [6.07, 6.45) is 1.45. The normalized spacial score (nSPS) is 11.1. The van der Waals surface area contributed by atoms with Gasteiger partial charge in [0.1, 0.15) is 22.0 Å². The van der Waals surface area contributed by atoms with Gasteiger partial charge in [-0.1, -0.05) is 18.7 Å². The lowest BCUT2D eigenvalue weighted by Crippen LogP contribution is -2.37. The molecule has 3 rings (SSSR count). The van der Waals surface area contributed by atoms with E-state index in [0.29, 0.717) is 34.4 Å². The van der Waals surface area contributed by atoms with E-state index in [1.165, 1.54) is 36.6 Å². The first kappa shape index (κ1) is 19.9. The monoisotopic (exact) mass is 404 g/mol. The average Bonchev–Trinajstić information content (AvgIpc) is 3.17. The molecule has 0 radical (unpaired) electrons. The first-order valence-corrected chi connectivity index (χ1v) is 9.62. The fraction of sp³-hybridized carbons (Fsp3) is 0.389. The fourth-order valence-electron chi connectivity index (χ4n) is 2.72. The number of ether oxygens (including phenoxy) is 1. The Kier molecular flexibility index (Phi) is 5.68. The van der Waals surface area contributed by atoms with Crippen molar-refractivity contribution in [1.82, 2.24) is 19.1 Å². The molecule has 0 aromatic carbocycles. The summed E-state index contributed by atoms with van der Waals surface area (Å²) in [5, 5.41) is 0.759. The maximum atomic E-state index is 12.7. The van der Waals surface area contributed by atoms with Crippen molar-refractivity contribution in [2.24, 2.45) is 14.1 Å². The van der Waals surface area contributed by atoms with E-state index in [1.54, 1.807) is 13.1 Å². The van der Waals surface area contributed by atoms with Crippen molar-refractivity contribution in [1.29, 1.82) is 0 Å². The number of carbonyl (C=O) groups is 1. The molecule has 0 atom stereocenters. The number of methoxy groups -OCH3 is 1. The highest BCUT2D eigenvalue weighted by atomic mass is 32.2. The van der Waals surface area contributed by atoms with E-state index >= 15 is 0 Å². The van der Waals surface area contributed by atoms with Gasteiger partial charge < -0.3 is 9.15 Å². The zero-order valence-corrected chi connectivity index (χ0v) is 16.8. The van der Waals surface area contributed by atoms with Gasteiger partial charge in [0.25, 0.3) is 5.56 Å². The van der Waals surface area contributed by atoms with Gasteiger partial charge in [-0.2, -0.15) is 0 Å². The molecular weight excluding hydrogens is 384 g/mol. The molecule has 10 heteroatoms. The van der Waals surface area contributed by atoms with E-state index in [1.807, 2.05) is 6.92 Å². The Morgan fingerprint density at radius 2 is 1.96 bits per heavy atom. The largest absolute Gasteiger partial charge is 0.463 e. The van der Waals surface area contributed by atoms with Crippen LogP contribution in [-0.2, 0) is 31.0 Å². The number of rotatable bonds is 6. The van der Waals surface area contributed by atoms with Crippen LogP contribution in [0.4, 0.5) is 0 Å². The smallest absolute Gasteiger partial charge is 0.373 e. The Hall–Kier alpha value is -2.88. The molecule has 0 spiro atoms. The summed E-state index contributed by atoms with van der Waals surface area (Å²) < 4.78 is 12.5. The molecule has 0 unspecified atom stereocenters. The quantitative estimate of drug-likeness (QED) is 0.347. The predicted octanol–water partition coefficient (Wildman–Crippen LogP) is 1.65. The van der Waals surface area contributed by atoms with Crippen molar-refractivity contribution in [3.05, 3.63) is 50.3 Å². The number of thioether (sulfide) groups is 1. The van der Waals surface area contributed by atoms with E-state index in [9.17, 15) is 14.4 Å². The second-order valence-electron chi connectivity index (χ2n) is 6.15. The van der Waals surface area contributed by atoms with Crippen molar-refractivity contribution in [2.45, 2.75) is 30.5 Å². The van der Waals surface area contributed by atoms with Gasteiger partial charge in [0.15, 0.2) is 5.65 Å². The lowest BCUT2D eigenvalue weighted by Gasteiger charge is -2.11. The van der Waals surface area contributed by atoms with Crippen molar-refractivity contribution in [2.75, 3.05) is 7.11 Å². The van der Waals surface area contributed by atoms with Crippen LogP contribution >= 0.6 is 11.8 Å². The molecule has 3 aromatic heterocycles. The molecule has 0 aliphatic carbocycles. The number of nitrogens with zero attached hydrogens (tertiary/aromatic N) is 4. The molecule has 3 heterocycles. The lowest BCUT2D eigenvalue weighted by atomic mass is 10.3. The average molecular weight is 404 g/mol. The van der Waals surface area contributed by atoms with Crippen molar-refractivity contribution >= 4 is 28.8 Å². The molecule has 0 fully saturated rings. The first-order valence-electron chi connectivity index (χ1n) is 8.63. The first-order chi connectivity index (χ1) is 13.4. The summed E-state index contributed by atoms with van der Waals surface area (Å²) in [6.45, 7) is 2.00. The Bertz CT molecular complexity index is 1160. The summed E-state index contributed by atoms with van der Waals surface area (Å²) in [5.41, 5.74) is -0.578. The highest BCUT2D eigenvalue weighted by Gasteiger charge is 2.18. The highest BCUT2D eigenvalue weighted by Crippen LogP contribution is 2.27. The van der Waals surface area contributed by atoms with Crippen molar-refractivity contribution in [3.8, 4) is 0 Å². The maximum absolute atomic E-state index is 12.7.